The van der Waals surface area contributed by atoms with Gasteiger partial charge in [-0.15, -0.1) is 5.10 Å². The van der Waals surface area contributed by atoms with Crippen LogP contribution < -0.4 is 0 Å². The minimum Gasteiger partial charge on any atom is -0.476 e. The zero-order chi connectivity index (χ0) is 15.5. The first kappa shape index (κ1) is 14.2. The summed E-state index contributed by atoms with van der Waals surface area (Å²) in [6.07, 6.45) is 1.59. The van der Waals surface area contributed by atoms with Crippen LogP contribution in [-0.2, 0) is 6.54 Å². The molecule has 0 fully saturated rings. The smallest absolute Gasteiger partial charge is 0.358 e. The van der Waals surface area contributed by atoms with Gasteiger partial charge in [0.2, 0.25) is 0 Å². The highest BCUT2D eigenvalue weighted by atomic mass is 35.5. The van der Waals surface area contributed by atoms with E-state index in [4.69, 9.17) is 11.6 Å². The predicted octanol–water partition coefficient (Wildman–Crippen LogP) is 2.74. The van der Waals surface area contributed by atoms with Crippen molar-refractivity contribution in [1.29, 1.82) is 0 Å². The van der Waals surface area contributed by atoms with Crippen LogP contribution in [-0.4, -0.2) is 31.1 Å². The number of carbonyl (C=O) groups is 1. The molecule has 0 aliphatic heterocycles. The molecule has 2 heterocycles. The molecule has 0 atom stereocenters. The second-order valence-electron chi connectivity index (χ2n) is 4.59. The molecule has 0 aliphatic carbocycles. The van der Waals surface area contributed by atoms with Gasteiger partial charge >= 0.3 is 5.97 Å². The summed E-state index contributed by atoms with van der Waals surface area (Å²) >= 11 is 5.97. The van der Waals surface area contributed by atoms with Crippen LogP contribution in [0.15, 0.2) is 48.7 Å². The Bertz CT molecular complexity index is 817. The van der Waals surface area contributed by atoms with Crippen LogP contribution in [0.3, 0.4) is 0 Å². The topological polar surface area (TPSA) is 80.9 Å². The largest absolute Gasteiger partial charge is 0.476 e. The maximum atomic E-state index is 11.4. The average molecular weight is 315 g/mol. The molecular weight excluding hydrogens is 304 g/mol. The standard InChI is InChI=1S/C15H11ClN4O2/c16-11-5-3-4-10(8-11)9-20-14(12-6-1-2-7-17-12)13(15(21)22)18-19-20/h1-8H,9H2,(H,21,22). The fourth-order valence-electron chi connectivity index (χ4n) is 2.13. The number of rotatable bonds is 4. The second-order valence-corrected chi connectivity index (χ2v) is 5.03. The Labute approximate surface area is 131 Å². The van der Waals surface area contributed by atoms with E-state index in [2.05, 4.69) is 15.3 Å². The van der Waals surface area contributed by atoms with Crippen LogP contribution >= 0.6 is 11.6 Å². The van der Waals surface area contributed by atoms with E-state index < -0.39 is 5.97 Å². The van der Waals surface area contributed by atoms with Crippen LogP contribution in [0.25, 0.3) is 11.4 Å². The Morgan fingerprint density at radius 3 is 2.77 bits per heavy atom. The maximum absolute atomic E-state index is 11.4. The molecule has 7 heteroatoms. The van der Waals surface area contributed by atoms with Crippen LogP contribution in [0.2, 0.25) is 5.02 Å². The Hall–Kier alpha value is -2.73. The molecule has 0 saturated heterocycles. The van der Waals surface area contributed by atoms with Gasteiger partial charge in [0, 0.05) is 11.2 Å². The number of nitrogens with zero attached hydrogens (tertiary/aromatic N) is 4. The molecule has 0 radical (unpaired) electrons. The summed E-state index contributed by atoms with van der Waals surface area (Å²) in [6, 6.07) is 12.5. The first-order chi connectivity index (χ1) is 10.6. The van der Waals surface area contributed by atoms with E-state index >= 15 is 0 Å². The lowest BCUT2D eigenvalue weighted by Gasteiger charge is -2.07. The van der Waals surface area contributed by atoms with Crippen molar-refractivity contribution >= 4 is 17.6 Å². The molecule has 0 saturated carbocycles. The minimum absolute atomic E-state index is 0.124. The van der Waals surface area contributed by atoms with Gasteiger partial charge in [-0.1, -0.05) is 35.0 Å². The van der Waals surface area contributed by atoms with Crippen LogP contribution in [0.5, 0.6) is 0 Å². The molecule has 1 N–H and O–H groups in total. The predicted molar refractivity (Wildman–Crippen MR) is 80.8 cm³/mol. The van der Waals surface area contributed by atoms with Crippen molar-refractivity contribution in [2.45, 2.75) is 6.54 Å². The Morgan fingerprint density at radius 1 is 1.23 bits per heavy atom. The number of pyridine rings is 1. The molecule has 3 aromatic rings. The third-order valence-electron chi connectivity index (χ3n) is 3.07. The number of aromatic carboxylic acids is 1. The summed E-state index contributed by atoms with van der Waals surface area (Å²) in [6.45, 7) is 0.354. The molecule has 0 aliphatic rings. The third kappa shape index (κ3) is 2.82. The van der Waals surface area contributed by atoms with Crippen molar-refractivity contribution in [3.63, 3.8) is 0 Å². The lowest BCUT2D eigenvalue weighted by molar-refractivity contribution is 0.0691. The van der Waals surface area contributed by atoms with E-state index in [1.165, 1.54) is 4.68 Å². The van der Waals surface area contributed by atoms with Gasteiger partial charge in [-0.3, -0.25) is 4.98 Å². The van der Waals surface area contributed by atoms with E-state index in [-0.39, 0.29) is 5.69 Å². The molecule has 1 aromatic carbocycles. The van der Waals surface area contributed by atoms with Gasteiger partial charge in [-0.05, 0) is 29.8 Å². The quantitative estimate of drug-likeness (QED) is 0.800. The van der Waals surface area contributed by atoms with Crippen molar-refractivity contribution in [2.24, 2.45) is 0 Å². The molecule has 0 unspecified atom stereocenters. The van der Waals surface area contributed by atoms with E-state index in [1.54, 1.807) is 36.5 Å². The summed E-state index contributed by atoms with van der Waals surface area (Å²) in [5, 5.41) is 17.6. The number of carboxylic acid groups (broad SMARTS) is 1. The molecule has 110 valence electrons. The van der Waals surface area contributed by atoms with Gasteiger partial charge in [-0.25, -0.2) is 9.48 Å². The monoisotopic (exact) mass is 314 g/mol. The third-order valence-corrected chi connectivity index (χ3v) is 3.30. The number of hydrogen-bond donors (Lipinski definition) is 1. The normalized spacial score (nSPS) is 10.6. The minimum atomic E-state index is -1.14. The fraction of sp³-hybridized carbons (Fsp3) is 0.0667. The maximum Gasteiger partial charge on any atom is 0.358 e. The molecule has 6 nitrogen and oxygen atoms in total. The Morgan fingerprint density at radius 2 is 2.09 bits per heavy atom. The molecule has 3 rings (SSSR count). The zero-order valence-corrected chi connectivity index (χ0v) is 12.1. The van der Waals surface area contributed by atoms with E-state index in [0.29, 0.717) is 23.0 Å². The molecule has 0 bridgehead atoms. The van der Waals surface area contributed by atoms with Gasteiger partial charge in [0.25, 0.3) is 0 Å². The molecule has 2 aromatic heterocycles. The van der Waals surface area contributed by atoms with Crippen molar-refractivity contribution in [1.82, 2.24) is 20.0 Å². The lowest BCUT2D eigenvalue weighted by atomic mass is 10.2. The van der Waals surface area contributed by atoms with E-state index in [9.17, 15) is 9.90 Å². The van der Waals surface area contributed by atoms with Gasteiger partial charge in [0.05, 0.1) is 12.2 Å². The first-order valence-electron chi connectivity index (χ1n) is 6.48. The highest BCUT2D eigenvalue weighted by Crippen LogP contribution is 2.21. The number of halogens is 1. The number of hydrogen-bond acceptors (Lipinski definition) is 4. The summed E-state index contributed by atoms with van der Waals surface area (Å²) in [4.78, 5) is 15.5. The van der Waals surface area contributed by atoms with Crippen molar-refractivity contribution in [2.75, 3.05) is 0 Å². The van der Waals surface area contributed by atoms with Crippen molar-refractivity contribution in [3.05, 3.63) is 64.9 Å². The number of carboxylic acids is 1. The first-order valence-corrected chi connectivity index (χ1v) is 6.85. The second kappa shape index (κ2) is 5.95. The van der Waals surface area contributed by atoms with Crippen molar-refractivity contribution < 1.29 is 9.90 Å². The Balaban J connectivity index is 2.07. The SMILES string of the molecule is O=C(O)c1nnn(Cc2cccc(Cl)c2)c1-c1ccccn1. The van der Waals surface area contributed by atoms with E-state index in [1.807, 2.05) is 12.1 Å². The highest BCUT2D eigenvalue weighted by Gasteiger charge is 2.21. The molecule has 0 spiro atoms. The van der Waals surface area contributed by atoms with Crippen LogP contribution in [0, 0.1) is 0 Å². The number of aromatic nitrogens is 4. The fourth-order valence-corrected chi connectivity index (χ4v) is 2.35. The van der Waals surface area contributed by atoms with Crippen LogP contribution in [0.1, 0.15) is 16.1 Å². The lowest BCUT2D eigenvalue weighted by Crippen LogP contribution is -2.07. The molecular formula is C15H11ClN4O2. The Kier molecular flexibility index (Phi) is 3.84. The van der Waals surface area contributed by atoms with Crippen LogP contribution in [0.4, 0.5) is 0 Å². The molecule has 22 heavy (non-hydrogen) atoms. The van der Waals surface area contributed by atoms with Gasteiger partial charge in [0.15, 0.2) is 5.69 Å². The summed E-state index contributed by atoms with van der Waals surface area (Å²) in [7, 11) is 0. The van der Waals surface area contributed by atoms with Gasteiger partial charge in [0.1, 0.15) is 5.69 Å². The average Bonchev–Trinajstić information content (AvgIpc) is 2.92. The summed E-state index contributed by atoms with van der Waals surface area (Å²) in [5.41, 5.74) is 1.65. The van der Waals surface area contributed by atoms with Gasteiger partial charge < -0.3 is 5.11 Å². The van der Waals surface area contributed by atoms with Gasteiger partial charge in [-0.2, -0.15) is 0 Å². The number of benzene rings is 1. The zero-order valence-electron chi connectivity index (χ0n) is 11.3. The molecule has 0 amide bonds. The summed E-state index contributed by atoms with van der Waals surface area (Å²) < 4.78 is 1.51. The van der Waals surface area contributed by atoms with E-state index in [0.717, 1.165) is 5.56 Å². The van der Waals surface area contributed by atoms with Crippen molar-refractivity contribution in [3.8, 4) is 11.4 Å². The summed E-state index contributed by atoms with van der Waals surface area (Å²) in [5.74, 6) is -1.14. The highest BCUT2D eigenvalue weighted by molar-refractivity contribution is 6.30.